The Hall–Kier alpha value is -2.18. The van der Waals surface area contributed by atoms with E-state index in [4.69, 9.17) is 4.74 Å². The van der Waals surface area contributed by atoms with Crippen molar-refractivity contribution < 1.29 is 17.9 Å². The maximum atomic E-state index is 13.9. The summed E-state index contributed by atoms with van der Waals surface area (Å²) in [6.07, 6.45) is 4.05. The van der Waals surface area contributed by atoms with Crippen molar-refractivity contribution in [1.82, 2.24) is 4.31 Å². The molecule has 1 aliphatic carbocycles. The topological polar surface area (TPSA) is 63.7 Å². The number of benzene rings is 2. The second-order valence-corrected chi connectivity index (χ2v) is 14.1. The second kappa shape index (κ2) is 10.9. The molecule has 1 aliphatic heterocycles. The number of sulfonamides is 1. The zero-order valence-electron chi connectivity index (χ0n) is 23.1. The van der Waals surface area contributed by atoms with Crippen molar-refractivity contribution in [2.75, 3.05) is 19.7 Å². The second-order valence-electron chi connectivity index (χ2n) is 12.1. The van der Waals surface area contributed by atoms with Crippen LogP contribution < -0.4 is 0 Å². The first kappa shape index (κ1) is 27.8. The molecule has 0 amide bonds. The first-order valence-corrected chi connectivity index (χ1v) is 15.2. The SMILES string of the molecule is CCOC(=O)CC1CC[C@]2([C@H](C)c3ccccc3)CN(S(=O)(=O)c3ccc(C(C)(C)C)cc3)CC[C@H]2C1. The lowest BCUT2D eigenvalue weighted by Gasteiger charge is -2.55. The Labute approximate surface area is 223 Å². The quantitative estimate of drug-likeness (QED) is 0.385. The first-order chi connectivity index (χ1) is 17.5. The largest absolute Gasteiger partial charge is 0.466 e. The smallest absolute Gasteiger partial charge is 0.306 e. The van der Waals surface area contributed by atoms with Gasteiger partial charge in [0, 0.05) is 19.5 Å². The van der Waals surface area contributed by atoms with Crippen LogP contribution in [-0.2, 0) is 25.0 Å². The minimum Gasteiger partial charge on any atom is -0.466 e. The summed E-state index contributed by atoms with van der Waals surface area (Å²) in [5.41, 5.74) is 2.19. The molecule has 6 heteroatoms. The number of piperidine rings is 1. The minimum atomic E-state index is -3.61. The highest BCUT2D eigenvalue weighted by Gasteiger charge is 2.52. The van der Waals surface area contributed by atoms with Crippen LogP contribution in [0.2, 0.25) is 0 Å². The summed E-state index contributed by atoms with van der Waals surface area (Å²) in [5, 5.41) is 0. The van der Waals surface area contributed by atoms with Crippen molar-refractivity contribution in [2.45, 2.75) is 83.0 Å². The number of rotatable bonds is 7. The van der Waals surface area contributed by atoms with Gasteiger partial charge in [-0.25, -0.2) is 8.42 Å². The summed E-state index contributed by atoms with van der Waals surface area (Å²) < 4.78 is 34.7. The third-order valence-corrected chi connectivity index (χ3v) is 10.8. The highest BCUT2D eigenvalue weighted by Crippen LogP contribution is 2.56. The number of hydrogen-bond donors (Lipinski definition) is 0. The molecule has 2 aliphatic rings. The van der Waals surface area contributed by atoms with Gasteiger partial charge in [-0.3, -0.25) is 4.79 Å². The van der Waals surface area contributed by atoms with E-state index in [9.17, 15) is 13.2 Å². The van der Waals surface area contributed by atoms with Gasteiger partial charge in [0.2, 0.25) is 10.0 Å². The highest BCUT2D eigenvalue weighted by atomic mass is 32.2. The summed E-state index contributed by atoms with van der Waals surface area (Å²) in [6, 6.07) is 17.9. The molecule has 0 N–H and O–H groups in total. The average molecular weight is 526 g/mol. The maximum absolute atomic E-state index is 13.9. The van der Waals surface area contributed by atoms with E-state index in [1.54, 1.807) is 16.4 Å². The van der Waals surface area contributed by atoms with E-state index in [0.717, 1.165) is 31.2 Å². The molecule has 1 heterocycles. The number of carbonyl (C=O) groups excluding carboxylic acids is 1. The van der Waals surface area contributed by atoms with Gasteiger partial charge in [0.15, 0.2) is 0 Å². The number of ether oxygens (including phenoxy) is 1. The van der Waals surface area contributed by atoms with Crippen LogP contribution in [0.4, 0.5) is 0 Å². The molecule has 0 aromatic heterocycles. The van der Waals surface area contributed by atoms with E-state index >= 15 is 0 Å². The van der Waals surface area contributed by atoms with Crippen LogP contribution in [0.15, 0.2) is 59.5 Å². The molecular weight excluding hydrogens is 482 g/mol. The summed E-state index contributed by atoms with van der Waals surface area (Å²) in [5.74, 6) is 0.761. The molecule has 37 heavy (non-hydrogen) atoms. The third kappa shape index (κ3) is 5.80. The molecule has 2 fully saturated rings. The van der Waals surface area contributed by atoms with Crippen LogP contribution in [0.5, 0.6) is 0 Å². The molecule has 4 atom stereocenters. The lowest BCUT2D eigenvalue weighted by atomic mass is 9.54. The number of esters is 1. The molecule has 5 nitrogen and oxygen atoms in total. The van der Waals surface area contributed by atoms with Gasteiger partial charge in [-0.2, -0.15) is 4.31 Å². The monoisotopic (exact) mass is 525 g/mol. The Kier molecular flexibility index (Phi) is 8.20. The lowest BCUT2D eigenvalue weighted by Crippen LogP contribution is -2.55. The van der Waals surface area contributed by atoms with Crippen LogP contribution in [0, 0.1) is 17.3 Å². The molecule has 1 saturated carbocycles. The fourth-order valence-electron chi connectivity index (χ4n) is 6.66. The van der Waals surface area contributed by atoms with Gasteiger partial charge in [0.05, 0.1) is 11.5 Å². The molecule has 2 aromatic carbocycles. The number of hydrogen-bond acceptors (Lipinski definition) is 4. The van der Waals surface area contributed by atoms with Crippen LogP contribution in [0.25, 0.3) is 0 Å². The molecule has 0 radical (unpaired) electrons. The van der Waals surface area contributed by atoms with Gasteiger partial charge >= 0.3 is 5.97 Å². The van der Waals surface area contributed by atoms with Gasteiger partial charge in [-0.15, -0.1) is 0 Å². The Bertz CT molecular complexity index is 1170. The van der Waals surface area contributed by atoms with E-state index in [0.29, 0.717) is 42.8 Å². The fourth-order valence-corrected chi connectivity index (χ4v) is 8.19. The van der Waals surface area contributed by atoms with Crippen LogP contribution in [-0.4, -0.2) is 38.4 Å². The normalized spacial score (nSPS) is 25.8. The predicted octanol–water partition coefficient (Wildman–Crippen LogP) is 6.54. The number of fused-ring (bicyclic) bond motifs is 1. The third-order valence-electron chi connectivity index (χ3n) is 8.93. The summed E-state index contributed by atoms with van der Waals surface area (Å²) >= 11 is 0. The maximum Gasteiger partial charge on any atom is 0.306 e. The Morgan fingerprint density at radius 3 is 2.38 bits per heavy atom. The van der Waals surface area contributed by atoms with E-state index < -0.39 is 10.0 Å². The Morgan fingerprint density at radius 2 is 1.76 bits per heavy atom. The molecule has 0 bridgehead atoms. The van der Waals surface area contributed by atoms with Crippen molar-refractivity contribution in [2.24, 2.45) is 17.3 Å². The van der Waals surface area contributed by atoms with Crippen molar-refractivity contribution in [3.63, 3.8) is 0 Å². The number of nitrogens with zero attached hydrogens (tertiary/aromatic N) is 1. The predicted molar refractivity (Wildman–Crippen MR) is 148 cm³/mol. The fraction of sp³-hybridized carbons (Fsp3) is 0.581. The van der Waals surface area contributed by atoms with Crippen LogP contribution in [0.3, 0.4) is 0 Å². The first-order valence-electron chi connectivity index (χ1n) is 13.8. The lowest BCUT2D eigenvalue weighted by molar-refractivity contribution is -0.145. The number of carbonyl (C=O) groups is 1. The molecule has 1 unspecified atom stereocenters. The molecule has 1 saturated heterocycles. The van der Waals surface area contributed by atoms with Gasteiger partial charge in [0.25, 0.3) is 0 Å². The minimum absolute atomic E-state index is 0.0298. The van der Waals surface area contributed by atoms with Gasteiger partial charge < -0.3 is 4.74 Å². The standard InChI is InChI=1S/C31H43NO4S/c1-6-36-29(33)21-24-16-18-31(23(2)25-10-8-7-9-11-25)22-32(19-17-27(31)20-24)37(34,35)28-14-12-26(13-15-28)30(3,4)5/h7-15,23-24,27H,6,16-22H2,1-5H3/t23-,24?,27+,31-/m1/s1. The molecule has 202 valence electrons. The van der Waals surface area contributed by atoms with Crippen molar-refractivity contribution in [1.29, 1.82) is 0 Å². The van der Waals surface area contributed by atoms with Gasteiger partial charge in [0.1, 0.15) is 0 Å². The van der Waals surface area contributed by atoms with Crippen molar-refractivity contribution >= 4 is 16.0 Å². The average Bonchev–Trinajstić information content (AvgIpc) is 2.88. The Morgan fingerprint density at radius 1 is 1.08 bits per heavy atom. The molecule has 2 aromatic rings. The highest BCUT2D eigenvalue weighted by molar-refractivity contribution is 7.89. The van der Waals surface area contributed by atoms with E-state index in [1.807, 2.05) is 25.1 Å². The van der Waals surface area contributed by atoms with Gasteiger partial charge in [-0.1, -0.05) is 70.2 Å². The van der Waals surface area contributed by atoms with E-state index in [1.165, 1.54) is 5.56 Å². The summed E-state index contributed by atoms with van der Waals surface area (Å²) in [7, 11) is -3.61. The van der Waals surface area contributed by atoms with Crippen molar-refractivity contribution in [3.05, 3.63) is 65.7 Å². The van der Waals surface area contributed by atoms with Crippen molar-refractivity contribution in [3.8, 4) is 0 Å². The molecule has 0 spiro atoms. The summed E-state index contributed by atoms with van der Waals surface area (Å²) in [4.78, 5) is 12.6. The van der Waals surface area contributed by atoms with Crippen LogP contribution in [0.1, 0.15) is 83.8 Å². The zero-order valence-corrected chi connectivity index (χ0v) is 23.9. The van der Waals surface area contributed by atoms with E-state index in [-0.39, 0.29) is 22.7 Å². The zero-order chi connectivity index (χ0) is 26.8. The van der Waals surface area contributed by atoms with E-state index in [2.05, 4.69) is 52.0 Å². The summed E-state index contributed by atoms with van der Waals surface area (Å²) in [6.45, 7) is 12.0. The van der Waals surface area contributed by atoms with Gasteiger partial charge in [-0.05, 0) is 84.5 Å². The molecular formula is C31H43NO4S. The van der Waals surface area contributed by atoms with Crippen LogP contribution >= 0.6 is 0 Å². The molecule has 4 rings (SSSR count). The Balaban J connectivity index is 1.62.